The van der Waals surface area contributed by atoms with Crippen LogP contribution in [0.5, 0.6) is 0 Å². The van der Waals surface area contributed by atoms with E-state index in [4.69, 9.17) is 11.6 Å². The zero-order chi connectivity index (χ0) is 12.7. The first-order valence-electron chi connectivity index (χ1n) is 5.84. The molecule has 6 heteroatoms. The van der Waals surface area contributed by atoms with Gasteiger partial charge in [-0.3, -0.25) is 4.79 Å². The minimum atomic E-state index is -0.0598. The number of aromatic nitrogens is 2. The van der Waals surface area contributed by atoms with E-state index in [1.165, 1.54) is 0 Å². The van der Waals surface area contributed by atoms with Crippen molar-refractivity contribution >= 4 is 29.0 Å². The monoisotopic (exact) mass is 275 g/mol. The molecule has 17 heavy (non-hydrogen) atoms. The van der Waals surface area contributed by atoms with Crippen LogP contribution in [0.1, 0.15) is 42.1 Å². The van der Waals surface area contributed by atoms with Gasteiger partial charge in [-0.05, 0) is 36.7 Å². The van der Waals surface area contributed by atoms with Gasteiger partial charge < -0.3 is 5.32 Å². The molecule has 96 valence electrons. The number of carbonyl (C=O) groups is 1. The molecular weight excluding hydrogens is 258 g/mol. The van der Waals surface area contributed by atoms with Gasteiger partial charge in [-0.2, -0.15) is 0 Å². The molecule has 1 atom stereocenters. The Hall–Kier alpha value is -0.680. The van der Waals surface area contributed by atoms with Crippen LogP contribution in [0.3, 0.4) is 0 Å². The van der Waals surface area contributed by atoms with Gasteiger partial charge in [0, 0.05) is 12.4 Å². The molecule has 0 aliphatic rings. The highest BCUT2D eigenvalue weighted by atomic mass is 35.5. The lowest BCUT2D eigenvalue weighted by Gasteiger charge is -2.07. The molecule has 0 fully saturated rings. The minimum Gasteiger partial charge on any atom is -0.351 e. The zero-order valence-corrected chi connectivity index (χ0v) is 11.8. The van der Waals surface area contributed by atoms with Crippen LogP contribution in [-0.2, 0) is 6.42 Å². The molecule has 1 heterocycles. The van der Waals surface area contributed by atoms with E-state index in [1.54, 1.807) is 0 Å². The summed E-state index contributed by atoms with van der Waals surface area (Å²) < 4.78 is 3.80. The van der Waals surface area contributed by atoms with E-state index in [0.29, 0.717) is 23.2 Å². The topological polar surface area (TPSA) is 54.9 Å². The second-order valence-electron chi connectivity index (χ2n) is 4.06. The highest BCUT2D eigenvalue weighted by molar-refractivity contribution is 7.08. The molecule has 1 rings (SSSR count). The molecule has 0 saturated carbocycles. The number of aryl methyl sites for hydroxylation is 1. The Balaban J connectivity index is 2.30. The van der Waals surface area contributed by atoms with Crippen molar-refractivity contribution in [1.82, 2.24) is 14.9 Å². The molecule has 1 N–H and O–H groups in total. The molecule has 1 aromatic heterocycles. The Morgan fingerprint density at radius 3 is 3.00 bits per heavy atom. The summed E-state index contributed by atoms with van der Waals surface area (Å²) in [5.74, 6) is 1.12. The molecule has 0 bridgehead atoms. The number of hydrogen-bond acceptors (Lipinski definition) is 4. The third-order valence-corrected chi connectivity index (χ3v) is 3.81. The largest absolute Gasteiger partial charge is 0.351 e. The molecule has 1 aromatic rings. The first-order valence-corrected chi connectivity index (χ1v) is 7.15. The van der Waals surface area contributed by atoms with Crippen LogP contribution in [0.15, 0.2) is 0 Å². The number of rotatable bonds is 7. The lowest BCUT2D eigenvalue weighted by atomic mass is 10.1. The van der Waals surface area contributed by atoms with Gasteiger partial charge in [-0.1, -0.05) is 18.3 Å². The summed E-state index contributed by atoms with van der Waals surface area (Å²) in [6, 6.07) is 0. The lowest BCUT2D eigenvalue weighted by molar-refractivity contribution is 0.0955. The second kappa shape index (κ2) is 7.61. The van der Waals surface area contributed by atoms with Crippen LogP contribution < -0.4 is 5.32 Å². The standard InChI is InChI=1S/C11H18ClN3OS/c1-3-9-10(17-15-14-9)11(16)13-6-4-5-8(2)7-12/h8H,3-7H2,1-2H3,(H,13,16). The quantitative estimate of drug-likeness (QED) is 0.614. The molecule has 0 spiro atoms. The van der Waals surface area contributed by atoms with E-state index < -0.39 is 0 Å². The van der Waals surface area contributed by atoms with Crippen LogP contribution in [0.2, 0.25) is 0 Å². The fourth-order valence-corrected chi connectivity index (χ4v) is 2.24. The lowest BCUT2D eigenvalue weighted by Crippen LogP contribution is -2.24. The van der Waals surface area contributed by atoms with E-state index in [2.05, 4.69) is 21.8 Å². The summed E-state index contributed by atoms with van der Waals surface area (Å²) in [5.41, 5.74) is 0.779. The maximum atomic E-state index is 11.8. The second-order valence-corrected chi connectivity index (χ2v) is 5.12. The summed E-state index contributed by atoms with van der Waals surface area (Å²) in [7, 11) is 0. The number of nitrogens with zero attached hydrogens (tertiary/aromatic N) is 2. The SMILES string of the molecule is CCc1nnsc1C(=O)NCCCC(C)CCl. The van der Waals surface area contributed by atoms with Crippen molar-refractivity contribution in [3.05, 3.63) is 10.6 Å². The van der Waals surface area contributed by atoms with Gasteiger partial charge in [-0.25, -0.2) is 0 Å². The third-order valence-electron chi connectivity index (χ3n) is 2.52. The van der Waals surface area contributed by atoms with Gasteiger partial charge in [-0.15, -0.1) is 16.7 Å². The number of amides is 1. The van der Waals surface area contributed by atoms with E-state index in [-0.39, 0.29) is 5.91 Å². The van der Waals surface area contributed by atoms with Crippen molar-refractivity contribution in [1.29, 1.82) is 0 Å². The average molecular weight is 276 g/mol. The van der Waals surface area contributed by atoms with Crippen LogP contribution in [0.4, 0.5) is 0 Å². The van der Waals surface area contributed by atoms with Crippen molar-refractivity contribution in [2.75, 3.05) is 12.4 Å². The van der Waals surface area contributed by atoms with Gasteiger partial charge in [0.15, 0.2) is 0 Å². The fourth-order valence-electron chi connectivity index (χ4n) is 1.42. The Kier molecular flexibility index (Phi) is 6.44. The third kappa shape index (κ3) is 4.60. The van der Waals surface area contributed by atoms with E-state index in [0.717, 1.165) is 36.5 Å². The van der Waals surface area contributed by atoms with Gasteiger partial charge in [0.2, 0.25) is 0 Å². The molecule has 1 unspecified atom stereocenters. The van der Waals surface area contributed by atoms with Crippen LogP contribution in [-0.4, -0.2) is 27.9 Å². The first-order chi connectivity index (χ1) is 8.19. The Labute approximate surface area is 111 Å². The van der Waals surface area contributed by atoms with Crippen molar-refractivity contribution in [2.45, 2.75) is 33.1 Å². The normalized spacial score (nSPS) is 12.4. The highest BCUT2D eigenvalue weighted by Crippen LogP contribution is 2.11. The number of alkyl halides is 1. The van der Waals surface area contributed by atoms with Crippen molar-refractivity contribution in [3.8, 4) is 0 Å². The average Bonchev–Trinajstić information content (AvgIpc) is 2.82. The Morgan fingerprint density at radius 1 is 1.59 bits per heavy atom. The summed E-state index contributed by atoms with van der Waals surface area (Å²) >= 11 is 6.87. The van der Waals surface area contributed by atoms with Crippen molar-refractivity contribution in [3.63, 3.8) is 0 Å². The van der Waals surface area contributed by atoms with Gasteiger partial charge in [0.1, 0.15) is 4.88 Å². The van der Waals surface area contributed by atoms with E-state index in [9.17, 15) is 4.79 Å². The number of halogens is 1. The maximum Gasteiger partial charge on any atom is 0.264 e. The van der Waals surface area contributed by atoms with Crippen molar-refractivity contribution in [2.24, 2.45) is 5.92 Å². The minimum absolute atomic E-state index is 0.0598. The fraction of sp³-hybridized carbons (Fsp3) is 0.727. The highest BCUT2D eigenvalue weighted by Gasteiger charge is 2.14. The molecule has 1 amide bonds. The smallest absolute Gasteiger partial charge is 0.264 e. The predicted molar refractivity (Wildman–Crippen MR) is 70.7 cm³/mol. The molecule has 0 radical (unpaired) electrons. The van der Waals surface area contributed by atoms with Crippen LogP contribution in [0.25, 0.3) is 0 Å². The van der Waals surface area contributed by atoms with Gasteiger partial charge in [0.05, 0.1) is 5.69 Å². The van der Waals surface area contributed by atoms with E-state index >= 15 is 0 Å². The number of nitrogens with one attached hydrogen (secondary N) is 1. The molecule has 4 nitrogen and oxygen atoms in total. The summed E-state index contributed by atoms with van der Waals surface area (Å²) in [4.78, 5) is 12.4. The van der Waals surface area contributed by atoms with Crippen molar-refractivity contribution < 1.29 is 4.79 Å². The molecule has 0 aliphatic carbocycles. The first kappa shape index (κ1) is 14.4. The predicted octanol–water partition coefficient (Wildman–Crippen LogP) is 2.49. The Bertz CT molecular complexity index is 356. The molecule has 0 aliphatic heterocycles. The summed E-state index contributed by atoms with van der Waals surface area (Å²) in [5, 5.41) is 6.80. The van der Waals surface area contributed by atoms with Crippen LogP contribution >= 0.6 is 23.1 Å². The van der Waals surface area contributed by atoms with E-state index in [1.807, 2.05) is 6.92 Å². The summed E-state index contributed by atoms with van der Waals surface area (Å²) in [6.45, 7) is 4.76. The maximum absolute atomic E-state index is 11.8. The van der Waals surface area contributed by atoms with Gasteiger partial charge in [0.25, 0.3) is 5.91 Å². The van der Waals surface area contributed by atoms with Crippen LogP contribution in [0, 0.1) is 5.92 Å². The molecule has 0 saturated heterocycles. The number of hydrogen-bond donors (Lipinski definition) is 1. The number of carbonyl (C=O) groups excluding carboxylic acids is 1. The molecular formula is C11H18ClN3OS. The zero-order valence-electron chi connectivity index (χ0n) is 10.2. The van der Waals surface area contributed by atoms with Gasteiger partial charge >= 0.3 is 0 Å². The molecule has 0 aromatic carbocycles. The summed E-state index contributed by atoms with van der Waals surface area (Å²) in [6.07, 6.45) is 2.72. The Morgan fingerprint density at radius 2 is 2.35 bits per heavy atom.